The van der Waals surface area contributed by atoms with E-state index in [0.29, 0.717) is 39.5 Å². The van der Waals surface area contributed by atoms with Gasteiger partial charge in [-0.3, -0.25) is 0 Å². The zero-order valence-corrected chi connectivity index (χ0v) is 20.0. The van der Waals surface area contributed by atoms with Crippen LogP contribution in [0.4, 0.5) is 5.69 Å². The van der Waals surface area contributed by atoms with E-state index in [2.05, 4.69) is 10.9 Å². The van der Waals surface area contributed by atoms with Gasteiger partial charge in [0.15, 0.2) is 11.5 Å². The summed E-state index contributed by atoms with van der Waals surface area (Å²) >= 11 is 1.17. The monoisotopic (exact) mass is 479 g/mol. The molecule has 1 aliphatic rings. The van der Waals surface area contributed by atoms with Gasteiger partial charge in [-0.25, -0.2) is 9.79 Å². The molecule has 0 aromatic heterocycles. The number of nitrogens with zero attached hydrogens (tertiary/aromatic N) is 1. The molecule has 7 nitrogen and oxygen atoms in total. The normalized spacial score (nSPS) is 15.4. The number of ether oxygens (including phenoxy) is 4. The number of terminal acetylenes is 1. The molecule has 8 heteroatoms. The summed E-state index contributed by atoms with van der Waals surface area (Å²) in [5.41, 5.74) is 1.36. The van der Waals surface area contributed by atoms with E-state index < -0.39 is 5.97 Å². The van der Waals surface area contributed by atoms with Crippen molar-refractivity contribution in [1.29, 1.82) is 0 Å². The van der Waals surface area contributed by atoms with E-state index in [1.165, 1.54) is 11.8 Å². The van der Waals surface area contributed by atoms with Crippen LogP contribution in [0.5, 0.6) is 17.2 Å². The van der Waals surface area contributed by atoms with Crippen LogP contribution >= 0.6 is 11.8 Å². The zero-order valence-electron chi connectivity index (χ0n) is 19.2. The second-order valence-electron chi connectivity index (χ2n) is 6.80. The van der Waals surface area contributed by atoms with Gasteiger partial charge in [0.1, 0.15) is 28.7 Å². The van der Waals surface area contributed by atoms with Gasteiger partial charge in [-0.15, -0.1) is 6.42 Å². The number of aliphatic hydroxyl groups is 1. The van der Waals surface area contributed by atoms with Crippen molar-refractivity contribution in [3.05, 3.63) is 64.3 Å². The second-order valence-corrected chi connectivity index (χ2v) is 7.83. The lowest BCUT2D eigenvalue weighted by Gasteiger charge is -2.11. The first kappa shape index (κ1) is 24.8. The molecule has 0 radical (unpaired) electrons. The highest BCUT2D eigenvalue weighted by Crippen LogP contribution is 2.41. The Hall–Kier alpha value is -3.83. The van der Waals surface area contributed by atoms with Crippen molar-refractivity contribution in [2.24, 2.45) is 4.99 Å². The summed E-state index contributed by atoms with van der Waals surface area (Å²) in [6, 6.07) is 12.4. The van der Waals surface area contributed by atoms with E-state index in [-0.39, 0.29) is 24.5 Å². The third-order valence-corrected chi connectivity index (χ3v) is 5.57. The van der Waals surface area contributed by atoms with Crippen molar-refractivity contribution in [2.75, 3.05) is 26.9 Å². The molecule has 0 saturated carbocycles. The number of hydrogen-bond donors (Lipinski definition) is 1. The van der Waals surface area contributed by atoms with Crippen LogP contribution in [0, 0.1) is 12.3 Å². The number of aliphatic hydroxyl groups excluding tert-OH is 1. The van der Waals surface area contributed by atoms with Gasteiger partial charge < -0.3 is 24.1 Å². The summed E-state index contributed by atoms with van der Waals surface area (Å²) in [6.07, 6.45) is 7.02. The van der Waals surface area contributed by atoms with Gasteiger partial charge in [-0.2, -0.15) is 0 Å². The third kappa shape index (κ3) is 5.94. The Morgan fingerprint density at radius 1 is 1.12 bits per heavy atom. The summed E-state index contributed by atoms with van der Waals surface area (Å²) in [6.45, 7) is 4.30. The topological polar surface area (TPSA) is 86.6 Å². The number of aliphatic imine (C=N–C) groups is 1. The van der Waals surface area contributed by atoms with Gasteiger partial charge in [0.25, 0.3) is 0 Å². The maximum absolute atomic E-state index is 12.6. The van der Waals surface area contributed by atoms with E-state index in [9.17, 15) is 9.90 Å². The molecule has 0 atom stereocenters. The Kier molecular flexibility index (Phi) is 8.66. The zero-order chi connectivity index (χ0) is 24.5. The lowest BCUT2D eigenvalue weighted by Crippen LogP contribution is -2.12. The molecule has 2 aromatic rings. The first-order valence-electron chi connectivity index (χ1n) is 10.6. The quantitative estimate of drug-likeness (QED) is 0.386. The highest BCUT2D eigenvalue weighted by molar-refractivity contribution is 8.18. The van der Waals surface area contributed by atoms with Crippen molar-refractivity contribution in [2.45, 2.75) is 13.8 Å². The van der Waals surface area contributed by atoms with Crippen molar-refractivity contribution in [3.63, 3.8) is 0 Å². The molecule has 3 rings (SSSR count). The number of benzene rings is 2. The van der Waals surface area contributed by atoms with Crippen LogP contribution in [-0.4, -0.2) is 43.0 Å². The molecule has 0 aliphatic carbocycles. The van der Waals surface area contributed by atoms with E-state index in [4.69, 9.17) is 25.4 Å². The fourth-order valence-corrected chi connectivity index (χ4v) is 4.07. The standard InChI is InChI=1S/C26H25NO6S/c1-5-14-33-20-13-8-17(15-21(20)31-6-2)16-22-24(28)23(26(29)32-7-3)25(34-22)27-18-9-11-19(30-4)12-10-18/h1,8-13,15-16,28H,6-7,14H2,2-4H3/b22-16+,27-25?. The smallest absolute Gasteiger partial charge is 0.344 e. The molecule has 0 spiro atoms. The third-order valence-electron chi connectivity index (χ3n) is 4.55. The Morgan fingerprint density at radius 2 is 1.88 bits per heavy atom. The maximum atomic E-state index is 12.6. The Balaban J connectivity index is 1.99. The highest BCUT2D eigenvalue weighted by Gasteiger charge is 2.33. The lowest BCUT2D eigenvalue weighted by molar-refractivity contribution is -0.138. The predicted octanol–water partition coefficient (Wildman–Crippen LogP) is 5.30. The molecule has 2 aromatic carbocycles. The van der Waals surface area contributed by atoms with Crippen LogP contribution in [0.25, 0.3) is 6.08 Å². The van der Waals surface area contributed by atoms with Crippen LogP contribution < -0.4 is 14.2 Å². The Labute approximate surface area is 203 Å². The minimum absolute atomic E-state index is 0.0212. The minimum Gasteiger partial charge on any atom is -0.506 e. The molecule has 0 fully saturated rings. The molecule has 1 heterocycles. The number of methoxy groups -OCH3 is 1. The van der Waals surface area contributed by atoms with Gasteiger partial charge in [0.05, 0.1) is 30.9 Å². The average molecular weight is 480 g/mol. The first-order valence-corrected chi connectivity index (χ1v) is 11.4. The van der Waals surface area contributed by atoms with Gasteiger partial charge in [-0.1, -0.05) is 23.7 Å². The second kappa shape index (κ2) is 11.9. The molecule has 176 valence electrons. The number of carbonyl (C=O) groups is 1. The van der Waals surface area contributed by atoms with Crippen LogP contribution in [0.1, 0.15) is 19.4 Å². The number of esters is 1. The summed E-state index contributed by atoms with van der Waals surface area (Å²) < 4.78 is 21.5. The molecule has 0 saturated heterocycles. The predicted molar refractivity (Wildman–Crippen MR) is 134 cm³/mol. The van der Waals surface area contributed by atoms with Gasteiger partial charge in [0, 0.05) is 0 Å². The fourth-order valence-electron chi connectivity index (χ4n) is 3.04. The largest absolute Gasteiger partial charge is 0.506 e. The van der Waals surface area contributed by atoms with Crippen LogP contribution in [0.15, 0.2) is 63.7 Å². The minimum atomic E-state index is -0.642. The fraction of sp³-hybridized carbons (Fsp3) is 0.231. The van der Waals surface area contributed by atoms with Gasteiger partial charge >= 0.3 is 5.97 Å². The molecular formula is C26H25NO6S. The van der Waals surface area contributed by atoms with Crippen LogP contribution in [0.3, 0.4) is 0 Å². The number of rotatable bonds is 9. The van der Waals surface area contributed by atoms with Crippen LogP contribution in [0.2, 0.25) is 0 Å². The van der Waals surface area contributed by atoms with Crippen molar-refractivity contribution in [1.82, 2.24) is 0 Å². The van der Waals surface area contributed by atoms with Crippen molar-refractivity contribution < 1.29 is 28.8 Å². The maximum Gasteiger partial charge on any atom is 0.344 e. The van der Waals surface area contributed by atoms with Crippen LogP contribution in [-0.2, 0) is 9.53 Å². The summed E-state index contributed by atoms with van der Waals surface area (Å²) in [4.78, 5) is 17.6. The summed E-state index contributed by atoms with van der Waals surface area (Å²) in [5.74, 6) is 3.32. The van der Waals surface area contributed by atoms with Crippen molar-refractivity contribution >= 4 is 34.5 Å². The summed E-state index contributed by atoms with van der Waals surface area (Å²) in [5, 5.41) is 11.2. The van der Waals surface area contributed by atoms with Crippen molar-refractivity contribution in [3.8, 4) is 29.6 Å². The van der Waals surface area contributed by atoms with E-state index in [1.807, 2.05) is 6.92 Å². The molecule has 0 unspecified atom stereocenters. The van der Waals surface area contributed by atoms with E-state index in [0.717, 1.165) is 5.56 Å². The Morgan fingerprint density at radius 3 is 2.53 bits per heavy atom. The number of thioether (sulfide) groups is 1. The summed E-state index contributed by atoms with van der Waals surface area (Å²) in [7, 11) is 1.58. The van der Waals surface area contributed by atoms with E-state index in [1.54, 1.807) is 62.6 Å². The average Bonchev–Trinajstić information content (AvgIpc) is 3.13. The highest BCUT2D eigenvalue weighted by atomic mass is 32.2. The molecular weight excluding hydrogens is 454 g/mol. The van der Waals surface area contributed by atoms with E-state index >= 15 is 0 Å². The molecule has 1 N–H and O–H groups in total. The molecule has 34 heavy (non-hydrogen) atoms. The SMILES string of the molecule is C#CCOc1ccc(/C=C2/SC(=Nc3ccc(OC)cc3)C(C(=O)OCC)=C2O)cc1OCC. The molecule has 1 aliphatic heterocycles. The molecule has 0 bridgehead atoms. The number of hydrogen-bond acceptors (Lipinski definition) is 8. The Bertz CT molecular complexity index is 1170. The molecule has 0 amide bonds. The van der Waals surface area contributed by atoms with Gasteiger partial charge in [-0.05, 0) is 61.9 Å². The van der Waals surface area contributed by atoms with Gasteiger partial charge in [0.2, 0.25) is 0 Å². The number of carbonyl (C=O) groups excluding carboxylic acids is 1. The first-order chi connectivity index (χ1) is 16.5. The lowest BCUT2D eigenvalue weighted by atomic mass is 10.1.